The molecule has 1 aromatic heterocycles. The van der Waals surface area contributed by atoms with Crippen molar-refractivity contribution in [2.75, 3.05) is 11.4 Å². The van der Waals surface area contributed by atoms with Crippen molar-refractivity contribution >= 4 is 39.5 Å². The number of aryl methyl sites for hydroxylation is 1. The Morgan fingerprint density at radius 3 is 2.58 bits per heavy atom. The monoisotopic (exact) mass is 435 g/mol. The van der Waals surface area contributed by atoms with E-state index in [1.54, 1.807) is 0 Å². The summed E-state index contributed by atoms with van der Waals surface area (Å²) in [6.45, 7) is 8.33. The van der Waals surface area contributed by atoms with E-state index in [2.05, 4.69) is 114 Å². The molecule has 4 aromatic rings. The molecule has 0 saturated carbocycles. The molecule has 4 heteroatoms. The maximum Gasteiger partial charge on any atom is 0.223 e. The predicted molar refractivity (Wildman–Crippen MR) is 136 cm³/mol. The lowest BCUT2D eigenvalue weighted by molar-refractivity contribution is -0.124. The molecule has 6 rings (SSSR count). The first-order valence-corrected chi connectivity index (χ1v) is 11.8. The number of benzene rings is 3. The SMILES string of the molecule is CCn1c2ccccc2c2cc(C=CC34NC(=O)CCN3c3ccccc3C4(C)C)ccc21. The quantitative estimate of drug-likeness (QED) is 0.439. The summed E-state index contributed by atoms with van der Waals surface area (Å²) in [5.74, 6) is 0.109. The van der Waals surface area contributed by atoms with Crippen LogP contribution in [0.4, 0.5) is 5.69 Å². The van der Waals surface area contributed by atoms with Crippen molar-refractivity contribution in [3.05, 3.63) is 83.9 Å². The van der Waals surface area contributed by atoms with Crippen LogP contribution in [-0.4, -0.2) is 22.7 Å². The molecule has 1 saturated heterocycles. The van der Waals surface area contributed by atoms with Crippen LogP contribution in [0.3, 0.4) is 0 Å². The van der Waals surface area contributed by atoms with Gasteiger partial charge in [0, 0.05) is 52.4 Å². The number of anilines is 1. The van der Waals surface area contributed by atoms with Crippen molar-refractivity contribution in [3.63, 3.8) is 0 Å². The standard InChI is InChI=1S/C29H29N3O/c1-4-31-24-11-7-5-9-21(24)22-19-20(13-14-25(22)31)15-17-29-28(2,3)23-10-6-8-12-26(23)32(29)18-16-27(33)30-29/h5-15,17,19H,4,16,18H2,1-3H3,(H,30,33). The molecule has 4 nitrogen and oxygen atoms in total. The van der Waals surface area contributed by atoms with Crippen LogP contribution in [0.15, 0.2) is 72.8 Å². The van der Waals surface area contributed by atoms with Gasteiger partial charge in [0.1, 0.15) is 5.66 Å². The van der Waals surface area contributed by atoms with E-state index < -0.39 is 5.66 Å². The number of rotatable bonds is 3. The fraction of sp³-hybridized carbons (Fsp3) is 0.276. The van der Waals surface area contributed by atoms with Crippen molar-refractivity contribution in [2.45, 2.75) is 44.8 Å². The van der Waals surface area contributed by atoms with Crippen molar-refractivity contribution in [1.82, 2.24) is 9.88 Å². The largest absolute Gasteiger partial charge is 0.344 e. The highest BCUT2D eigenvalue weighted by Crippen LogP contribution is 2.52. The molecule has 1 unspecified atom stereocenters. The normalized spacial score (nSPS) is 21.5. The summed E-state index contributed by atoms with van der Waals surface area (Å²) < 4.78 is 2.37. The molecule has 0 aliphatic carbocycles. The van der Waals surface area contributed by atoms with Crippen LogP contribution >= 0.6 is 0 Å². The summed E-state index contributed by atoms with van der Waals surface area (Å²) in [6, 6.07) is 23.9. The van der Waals surface area contributed by atoms with Gasteiger partial charge in [0.25, 0.3) is 0 Å². The topological polar surface area (TPSA) is 37.3 Å². The van der Waals surface area contributed by atoms with Crippen LogP contribution in [0.25, 0.3) is 27.9 Å². The fourth-order valence-electron chi connectivity index (χ4n) is 6.05. The lowest BCUT2D eigenvalue weighted by Gasteiger charge is -2.49. The minimum Gasteiger partial charge on any atom is -0.344 e. The van der Waals surface area contributed by atoms with E-state index in [1.807, 2.05) is 0 Å². The minimum atomic E-state index is -0.585. The van der Waals surface area contributed by atoms with Crippen LogP contribution < -0.4 is 10.2 Å². The van der Waals surface area contributed by atoms with E-state index in [0.29, 0.717) is 6.42 Å². The van der Waals surface area contributed by atoms with E-state index >= 15 is 0 Å². The summed E-state index contributed by atoms with van der Waals surface area (Å²) in [5.41, 5.74) is 5.31. The minimum absolute atomic E-state index is 0.109. The molecule has 166 valence electrons. The van der Waals surface area contributed by atoms with Gasteiger partial charge in [-0.25, -0.2) is 0 Å². The number of nitrogens with zero attached hydrogens (tertiary/aromatic N) is 2. The maximum absolute atomic E-state index is 12.6. The Labute approximate surface area is 194 Å². The third kappa shape index (κ3) is 2.67. The molecule has 1 atom stereocenters. The molecule has 0 spiro atoms. The number of hydrogen-bond donors (Lipinski definition) is 1. The smallest absolute Gasteiger partial charge is 0.223 e. The third-order valence-corrected chi connectivity index (χ3v) is 7.77. The lowest BCUT2D eigenvalue weighted by Crippen LogP contribution is -2.68. The van der Waals surface area contributed by atoms with Gasteiger partial charge in [0.2, 0.25) is 5.91 Å². The van der Waals surface area contributed by atoms with E-state index in [4.69, 9.17) is 0 Å². The number of nitrogens with one attached hydrogen (secondary N) is 1. The van der Waals surface area contributed by atoms with Gasteiger partial charge in [-0.05, 0) is 48.4 Å². The average molecular weight is 436 g/mol. The van der Waals surface area contributed by atoms with Crippen molar-refractivity contribution in [3.8, 4) is 0 Å². The molecular formula is C29H29N3O. The Balaban J connectivity index is 1.49. The number of fused-ring (bicyclic) bond motifs is 6. The van der Waals surface area contributed by atoms with Crippen LogP contribution in [0.1, 0.15) is 38.3 Å². The summed E-state index contributed by atoms with van der Waals surface area (Å²) in [7, 11) is 0. The molecule has 2 aliphatic heterocycles. The van der Waals surface area contributed by atoms with Crippen LogP contribution in [0.5, 0.6) is 0 Å². The number of aromatic nitrogens is 1. The van der Waals surface area contributed by atoms with Crippen molar-refractivity contribution in [2.24, 2.45) is 0 Å². The second-order valence-electron chi connectivity index (χ2n) is 9.73. The van der Waals surface area contributed by atoms with Crippen molar-refractivity contribution < 1.29 is 4.79 Å². The third-order valence-electron chi connectivity index (χ3n) is 7.77. The van der Waals surface area contributed by atoms with Crippen LogP contribution in [0, 0.1) is 0 Å². The van der Waals surface area contributed by atoms with E-state index in [-0.39, 0.29) is 11.3 Å². The number of carbonyl (C=O) groups excluding carboxylic acids is 1. The summed E-state index contributed by atoms with van der Waals surface area (Å²) in [6.07, 6.45) is 4.91. The molecule has 0 radical (unpaired) electrons. The van der Waals surface area contributed by atoms with Crippen LogP contribution in [0.2, 0.25) is 0 Å². The highest BCUT2D eigenvalue weighted by Gasteiger charge is 2.57. The number of hydrogen-bond acceptors (Lipinski definition) is 2. The molecule has 0 bridgehead atoms. The summed E-state index contributed by atoms with van der Waals surface area (Å²) in [5, 5.41) is 5.93. The number of carbonyl (C=O) groups is 1. The molecule has 1 fully saturated rings. The first-order valence-electron chi connectivity index (χ1n) is 11.8. The summed E-state index contributed by atoms with van der Waals surface area (Å²) in [4.78, 5) is 15.0. The second-order valence-corrected chi connectivity index (χ2v) is 9.73. The van der Waals surface area contributed by atoms with Gasteiger partial charge in [0.15, 0.2) is 0 Å². The molecule has 1 N–H and O–H groups in total. The van der Waals surface area contributed by atoms with Gasteiger partial charge in [0.05, 0.1) is 0 Å². The Bertz CT molecular complexity index is 1440. The predicted octanol–water partition coefficient (Wildman–Crippen LogP) is 5.84. The fourth-order valence-corrected chi connectivity index (χ4v) is 6.05. The molecular weight excluding hydrogens is 406 g/mol. The van der Waals surface area contributed by atoms with Crippen LogP contribution in [-0.2, 0) is 16.8 Å². The second kappa shape index (κ2) is 6.98. The van der Waals surface area contributed by atoms with Gasteiger partial charge in [-0.3, -0.25) is 4.79 Å². The van der Waals surface area contributed by atoms with Crippen molar-refractivity contribution in [1.29, 1.82) is 0 Å². The Kier molecular flexibility index (Phi) is 4.25. The zero-order valence-corrected chi connectivity index (χ0v) is 19.4. The van der Waals surface area contributed by atoms with Gasteiger partial charge in [-0.15, -0.1) is 0 Å². The van der Waals surface area contributed by atoms with E-state index in [9.17, 15) is 4.79 Å². The van der Waals surface area contributed by atoms with Gasteiger partial charge >= 0.3 is 0 Å². The first-order chi connectivity index (χ1) is 16.0. The Morgan fingerprint density at radius 1 is 0.970 bits per heavy atom. The first kappa shape index (κ1) is 20.1. The maximum atomic E-state index is 12.6. The van der Waals surface area contributed by atoms with E-state index in [0.717, 1.165) is 18.7 Å². The summed E-state index contributed by atoms with van der Waals surface area (Å²) >= 11 is 0. The highest BCUT2D eigenvalue weighted by atomic mass is 16.2. The Morgan fingerprint density at radius 2 is 1.73 bits per heavy atom. The van der Waals surface area contributed by atoms with Gasteiger partial charge in [-0.2, -0.15) is 0 Å². The van der Waals surface area contributed by atoms with Gasteiger partial charge in [-0.1, -0.05) is 62.4 Å². The average Bonchev–Trinajstić information content (AvgIpc) is 3.25. The zero-order chi connectivity index (χ0) is 22.8. The molecule has 1 amide bonds. The number of amides is 1. The molecule has 33 heavy (non-hydrogen) atoms. The Hall–Kier alpha value is -3.53. The molecule has 2 aliphatic rings. The molecule has 3 aromatic carbocycles. The molecule has 3 heterocycles. The highest BCUT2D eigenvalue weighted by molar-refractivity contribution is 6.08. The zero-order valence-electron chi connectivity index (χ0n) is 19.4. The number of para-hydroxylation sites is 2. The van der Waals surface area contributed by atoms with E-state index in [1.165, 1.54) is 33.1 Å². The van der Waals surface area contributed by atoms with Gasteiger partial charge < -0.3 is 14.8 Å². The lowest BCUT2D eigenvalue weighted by atomic mass is 9.74.